The van der Waals surface area contributed by atoms with E-state index in [1.54, 1.807) is 14.2 Å². The maximum absolute atomic E-state index is 5.28. The second-order valence-corrected chi connectivity index (χ2v) is 2.56. The number of rotatable bonds is 5. The van der Waals surface area contributed by atoms with Crippen molar-refractivity contribution in [2.75, 3.05) is 14.2 Å². The SMILES string of the molecule is COB(OC)OCc1ccccc1. The van der Waals surface area contributed by atoms with Crippen LogP contribution in [0.5, 0.6) is 0 Å². The van der Waals surface area contributed by atoms with Gasteiger partial charge in [-0.05, 0) is 5.56 Å². The van der Waals surface area contributed by atoms with Gasteiger partial charge in [0.25, 0.3) is 0 Å². The molecule has 0 aliphatic heterocycles. The first-order valence-corrected chi connectivity index (χ1v) is 4.08. The summed E-state index contributed by atoms with van der Waals surface area (Å²) in [5.41, 5.74) is 1.10. The van der Waals surface area contributed by atoms with E-state index in [0.717, 1.165) is 5.56 Å². The first-order chi connectivity index (χ1) is 6.36. The van der Waals surface area contributed by atoms with Crippen LogP contribution < -0.4 is 0 Å². The van der Waals surface area contributed by atoms with Crippen molar-refractivity contribution in [1.29, 1.82) is 0 Å². The first-order valence-electron chi connectivity index (χ1n) is 4.08. The molecule has 0 radical (unpaired) electrons. The fourth-order valence-electron chi connectivity index (χ4n) is 0.971. The molecule has 13 heavy (non-hydrogen) atoms. The molecule has 0 atom stereocenters. The highest BCUT2D eigenvalue weighted by Crippen LogP contribution is 2.01. The van der Waals surface area contributed by atoms with E-state index in [4.69, 9.17) is 14.0 Å². The fourth-order valence-corrected chi connectivity index (χ4v) is 0.971. The van der Waals surface area contributed by atoms with Crippen molar-refractivity contribution in [1.82, 2.24) is 0 Å². The fraction of sp³-hybridized carbons (Fsp3) is 0.333. The summed E-state index contributed by atoms with van der Waals surface area (Å²) in [7, 11) is 2.50. The monoisotopic (exact) mass is 180 g/mol. The van der Waals surface area contributed by atoms with Crippen molar-refractivity contribution in [2.24, 2.45) is 0 Å². The van der Waals surface area contributed by atoms with Crippen LogP contribution in [0, 0.1) is 0 Å². The Bertz CT molecular complexity index is 224. The van der Waals surface area contributed by atoms with Crippen LogP contribution in [-0.4, -0.2) is 21.5 Å². The molecule has 1 aromatic carbocycles. The molecule has 0 N–H and O–H groups in total. The lowest BCUT2D eigenvalue weighted by molar-refractivity contribution is 0.128. The Kier molecular flexibility index (Phi) is 4.53. The molecule has 3 nitrogen and oxygen atoms in total. The van der Waals surface area contributed by atoms with E-state index in [9.17, 15) is 0 Å². The van der Waals surface area contributed by atoms with Crippen LogP contribution in [0.1, 0.15) is 5.56 Å². The molecule has 0 saturated carbocycles. The molecule has 0 heterocycles. The maximum Gasteiger partial charge on any atom is 0.639 e. The molecule has 0 spiro atoms. The number of hydrogen-bond acceptors (Lipinski definition) is 3. The molecule has 0 unspecified atom stereocenters. The molecule has 0 amide bonds. The smallest absolute Gasteiger partial charge is 0.389 e. The van der Waals surface area contributed by atoms with Crippen LogP contribution in [0.15, 0.2) is 30.3 Å². The van der Waals surface area contributed by atoms with Crippen molar-refractivity contribution in [2.45, 2.75) is 6.61 Å². The van der Waals surface area contributed by atoms with Crippen LogP contribution in [-0.2, 0) is 20.6 Å². The van der Waals surface area contributed by atoms with Crippen LogP contribution in [0.25, 0.3) is 0 Å². The van der Waals surface area contributed by atoms with Gasteiger partial charge in [0, 0.05) is 14.2 Å². The van der Waals surface area contributed by atoms with Crippen molar-refractivity contribution >= 4 is 7.32 Å². The van der Waals surface area contributed by atoms with Gasteiger partial charge in [-0.25, -0.2) is 0 Å². The van der Waals surface area contributed by atoms with Crippen LogP contribution in [0.3, 0.4) is 0 Å². The molecule has 1 aromatic rings. The van der Waals surface area contributed by atoms with Crippen molar-refractivity contribution in [3.63, 3.8) is 0 Å². The Balaban J connectivity index is 2.34. The molecule has 0 saturated heterocycles. The Morgan fingerprint density at radius 2 is 1.69 bits per heavy atom. The third kappa shape index (κ3) is 3.59. The number of benzene rings is 1. The summed E-state index contributed by atoms with van der Waals surface area (Å²) < 4.78 is 15.0. The normalized spacial score (nSPS) is 10.0. The Morgan fingerprint density at radius 3 is 2.23 bits per heavy atom. The largest absolute Gasteiger partial charge is 0.639 e. The zero-order valence-electron chi connectivity index (χ0n) is 7.90. The molecular formula is C9H13BO3. The minimum absolute atomic E-state index is 0.493. The van der Waals surface area contributed by atoms with Gasteiger partial charge in [0.2, 0.25) is 0 Å². The highest BCUT2D eigenvalue weighted by atomic mass is 16.7. The maximum atomic E-state index is 5.28. The van der Waals surface area contributed by atoms with Gasteiger partial charge in [0.1, 0.15) is 0 Å². The van der Waals surface area contributed by atoms with Gasteiger partial charge in [0.05, 0.1) is 6.61 Å². The van der Waals surface area contributed by atoms with Crippen LogP contribution in [0.2, 0.25) is 0 Å². The van der Waals surface area contributed by atoms with Crippen LogP contribution >= 0.6 is 0 Å². The van der Waals surface area contributed by atoms with Gasteiger partial charge in [-0.2, -0.15) is 0 Å². The van der Waals surface area contributed by atoms with Gasteiger partial charge < -0.3 is 14.0 Å². The van der Waals surface area contributed by atoms with E-state index < -0.39 is 7.32 Å². The molecule has 0 aliphatic carbocycles. The second kappa shape index (κ2) is 5.75. The molecule has 4 heteroatoms. The average molecular weight is 180 g/mol. The van der Waals surface area contributed by atoms with E-state index in [-0.39, 0.29) is 0 Å². The van der Waals surface area contributed by atoms with E-state index in [1.165, 1.54) is 0 Å². The predicted molar refractivity (Wildman–Crippen MR) is 51.0 cm³/mol. The van der Waals surface area contributed by atoms with E-state index in [0.29, 0.717) is 6.61 Å². The second-order valence-electron chi connectivity index (χ2n) is 2.56. The number of hydrogen-bond donors (Lipinski definition) is 0. The van der Waals surface area contributed by atoms with E-state index in [2.05, 4.69) is 0 Å². The van der Waals surface area contributed by atoms with E-state index >= 15 is 0 Å². The van der Waals surface area contributed by atoms with Gasteiger partial charge in [-0.1, -0.05) is 30.3 Å². The third-order valence-electron chi connectivity index (χ3n) is 1.61. The van der Waals surface area contributed by atoms with Gasteiger partial charge >= 0.3 is 7.32 Å². The minimum atomic E-state index is -0.583. The molecule has 0 bridgehead atoms. The standard InChI is InChI=1S/C9H13BO3/c1-11-10(12-2)13-8-9-6-4-3-5-7-9/h3-7H,8H2,1-2H3. The Morgan fingerprint density at radius 1 is 1.08 bits per heavy atom. The topological polar surface area (TPSA) is 27.7 Å². The summed E-state index contributed by atoms with van der Waals surface area (Å²) in [5.74, 6) is 0. The highest BCUT2D eigenvalue weighted by molar-refractivity contribution is 6.36. The van der Waals surface area contributed by atoms with Crippen LogP contribution in [0.4, 0.5) is 0 Å². The van der Waals surface area contributed by atoms with Crippen molar-refractivity contribution in [3.8, 4) is 0 Å². The summed E-state index contributed by atoms with van der Waals surface area (Å²) in [6, 6.07) is 9.87. The van der Waals surface area contributed by atoms with Gasteiger partial charge in [-0.15, -0.1) is 0 Å². The molecular weight excluding hydrogens is 167 g/mol. The van der Waals surface area contributed by atoms with Crippen molar-refractivity contribution in [3.05, 3.63) is 35.9 Å². The Hall–Kier alpha value is -0.835. The summed E-state index contributed by atoms with van der Waals surface area (Å²) in [5, 5.41) is 0. The molecule has 0 aromatic heterocycles. The third-order valence-corrected chi connectivity index (χ3v) is 1.61. The summed E-state index contributed by atoms with van der Waals surface area (Å²) in [6.45, 7) is 0.493. The lowest BCUT2D eigenvalue weighted by atomic mass is 10.2. The lowest BCUT2D eigenvalue weighted by Crippen LogP contribution is -2.23. The lowest BCUT2D eigenvalue weighted by Gasteiger charge is -2.08. The highest BCUT2D eigenvalue weighted by Gasteiger charge is 2.16. The summed E-state index contributed by atoms with van der Waals surface area (Å²) in [4.78, 5) is 0. The molecule has 0 aliphatic rings. The minimum Gasteiger partial charge on any atom is -0.389 e. The molecule has 0 fully saturated rings. The quantitative estimate of drug-likeness (QED) is 0.642. The first kappa shape index (κ1) is 10.2. The average Bonchev–Trinajstić information content (AvgIpc) is 2.21. The van der Waals surface area contributed by atoms with Crippen molar-refractivity contribution < 1.29 is 14.0 Å². The van der Waals surface area contributed by atoms with Gasteiger partial charge in [0.15, 0.2) is 0 Å². The molecule has 70 valence electrons. The Labute approximate surface area is 78.8 Å². The predicted octanol–water partition coefficient (Wildman–Crippen LogP) is 1.48. The summed E-state index contributed by atoms with van der Waals surface area (Å²) >= 11 is 0. The zero-order valence-corrected chi connectivity index (χ0v) is 7.90. The zero-order chi connectivity index (χ0) is 9.52. The van der Waals surface area contributed by atoms with E-state index in [1.807, 2.05) is 30.3 Å². The van der Waals surface area contributed by atoms with Gasteiger partial charge in [-0.3, -0.25) is 0 Å². The molecule has 1 rings (SSSR count). The summed E-state index contributed by atoms with van der Waals surface area (Å²) in [6.07, 6.45) is 0.